The minimum atomic E-state index is -3.68. The van der Waals surface area contributed by atoms with Crippen molar-refractivity contribution in [3.8, 4) is 5.75 Å². The molecule has 1 aromatic carbocycles. The lowest BCUT2D eigenvalue weighted by atomic mass is 9.99. The number of piperidine rings is 1. The van der Waals surface area contributed by atoms with Crippen LogP contribution in [0.1, 0.15) is 33.1 Å². The van der Waals surface area contributed by atoms with Gasteiger partial charge in [-0.1, -0.05) is 31.9 Å². The van der Waals surface area contributed by atoms with Crippen molar-refractivity contribution in [1.82, 2.24) is 9.62 Å². The van der Waals surface area contributed by atoms with Crippen molar-refractivity contribution in [2.24, 2.45) is 5.92 Å². The smallest absolute Gasteiger partial charge is 0.244 e. The lowest BCUT2D eigenvalue weighted by Crippen LogP contribution is -2.48. The lowest BCUT2D eigenvalue weighted by molar-refractivity contribution is 0.130. The molecule has 136 valence electrons. The number of nitrogens with one attached hydrogen (secondary N) is 1. The summed E-state index contributed by atoms with van der Waals surface area (Å²) in [6, 6.07) is 4.80. The van der Waals surface area contributed by atoms with Gasteiger partial charge in [-0.25, -0.2) is 13.1 Å². The van der Waals surface area contributed by atoms with Crippen LogP contribution in [0.3, 0.4) is 0 Å². The Balaban J connectivity index is 2.14. The number of hydrogen-bond acceptors (Lipinski definition) is 4. The Morgan fingerprint density at radius 2 is 1.92 bits per heavy atom. The molecular formula is C17H27ClN2O3S. The number of nitrogens with zero attached hydrogens (tertiary/aromatic N) is 1. The van der Waals surface area contributed by atoms with Crippen molar-refractivity contribution >= 4 is 21.6 Å². The van der Waals surface area contributed by atoms with Crippen LogP contribution in [0.4, 0.5) is 0 Å². The van der Waals surface area contributed by atoms with Gasteiger partial charge >= 0.3 is 0 Å². The first kappa shape index (κ1) is 19.5. The van der Waals surface area contributed by atoms with Gasteiger partial charge in [0, 0.05) is 17.6 Å². The second kappa shape index (κ2) is 8.52. The van der Waals surface area contributed by atoms with Crippen molar-refractivity contribution in [2.75, 3.05) is 26.7 Å². The van der Waals surface area contributed by atoms with Crippen LogP contribution in [0.25, 0.3) is 0 Å². The Bertz CT molecular complexity index is 643. The van der Waals surface area contributed by atoms with Crippen LogP contribution >= 0.6 is 11.6 Å². The van der Waals surface area contributed by atoms with E-state index >= 15 is 0 Å². The third kappa shape index (κ3) is 4.85. The SMILES string of the molecule is COc1ccc(Cl)cc1S(=O)(=O)NCC(C(C)C)N1CCCCC1. The van der Waals surface area contributed by atoms with Gasteiger partial charge in [0.1, 0.15) is 10.6 Å². The molecule has 0 bridgehead atoms. The van der Waals surface area contributed by atoms with Crippen LogP contribution in [-0.4, -0.2) is 46.1 Å². The summed E-state index contributed by atoms with van der Waals surface area (Å²) in [7, 11) is -2.23. The number of ether oxygens (including phenoxy) is 1. The fraction of sp³-hybridized carbons (Fsp3) is 0.647. The van der Waals surface area contributed by atoms with Gasteiger partial charge in [-0.15, -0.1) is 0 Å². The number of halogens is 1. The zero-order valence-corrected chi connectivity index (χ0v) is 16.2. The van der Waals surface area contributed by atoms with Crippen molar-refractivity contribution in [3.05, 3.63) is 23.2 Å². The predicted octanol–water partition coefficient (Wildman–Crippen LogP) is 3.14. The van der Waals surface area contributed by atoms with Gasteiger partial charge in [0.25, 0.3) is 0 Å². The second-order valence-corrected chi connectivity index (χ2v) is 8.73. The normalized spacial score (nSPS) is 17.9. The van der Waals surface area contributed by atoms with Crippen molar-refractivity contribution in [2.45, 2.75) is 44.0 Å². The summed E-state index contributed by atoms with van der Waals surface area (Å²) in [5.74, 6) is 0.665. The molecule has 1 atom stereocenters. The summed E-state index contributed by atoms with van der Waals surface area (Å²) in [4.78, 5) is 2.48. The first-order valence-electron chi connectivity index (χ1n) is 8.42. The fourth-order valence-corrected chi connectivity index (χ4v) is 4.65. The minimum Gasteiger partial charge on any atom is -0.495 e. The van der Waals surface area contributed by atoms with Gasteiger partial charge in [0.15, 0.2) is 0 Å². The maximum atomic E-state index is 12.7. The molecule has 2 rings (SSSR count). The number of methoxy groups -OCH3 is 1. The first-order chi connectivity index (χ1) is 11.3. The van der Waals surface area contributed by atoms with E-state index in [4.69, 9.17) is 16.3 Å². The van der Waals surface area contributed by atoms with E-state index in [1.165, 1.54) is 32.4 Å². The van der Waals surface area contributed by atoms with Crippen molar-refractivity contribution in [1.29, 1.82) is 0 Å². The molecule has 0 amide bonds. The molecule has 1 N–H and O–H groups in total. The Morgan fingerprint density at radius 3 is 2.50 bits per heavy atom. The lowest BCUT2D eigenvalue weighted by Gasteiger charge is -2.37. The molecule has 1 unspecified atom stereocenters. The number of hydrogen-bond donors (Lipinski definition) is 1. The average molecular weight is 375 g/mol. The molecule has 0 radical (unpaired) electrons. The standard InChI is InChI=1S/C17H27ClN2O3S/c1-13(2)15(20-9-5-4-6-10-20)12-19-24(21,22)17-11-14(18)7-8-16(17)23-3/h7-8,11,13,15,19H,4-6,9-10,12H2,1-3H3. The number of benzene rings is 1. The largest absolute Gasteiger partial charge is 0.495 e. The molecule has 1 aliphatic rings. The summed E-state index contributed by atoms with van der Waals surface area (Å²) >= 11 is 5.96. The topological polar surface area (TPSA) is 58.6 Å². The average Bonchev–Trinajstić information content (AvgIpc) is 2.55. The summed E-state index contributed by atoms with van der Waals surface area (Å²) in [5.41, 5.74) is 0. The van der Waals surface area contributed by atoms with Gasteiger partial charge in [-0.05, 0) is 50.0 Å². The molecule has 0 aromatic heterocycles. The zero-order valence-electron chi connectivity index (χ0n) is 14.6. The molecule has 7 heteroatoms. The molecule has 0 aliphatic carbocycles. The Morgan fingerprint density at radius 1 is 1.25 bits per heavy atom. The number of likely N-dealkylation sites (tertiary alicyclic amines) is 1. The van der Waals surface area contributed by atoms with Crippen molar-refractivity contribution in [3.63, 3.8) is 0 Å². The summed E-state index contributed by atoms with van der Waals surface area (Å²) in [5, 5.41) is 0.368. The van der Waals surface area contributed by atoms with Crippen LogP contribution in [-0.2, 0) is 10.0 Å². The summed E-state index contributed by atoms with van der Waals surface area (Å²) in [6.45, 7) is 6.72. The van der Waals surface area contributed by atoms with E-state index in [0.717, 1.165) is 13.1 Å². The molecule has 5 nitrogen and oxygen atoms in total. The third-order valence-corrected chi connectivity index (χ3v) is 6.21. The molecule has 1 saturated heterocycles. The van der Waals surface area contributed by atoms with E-state index in [1.54, 1.807) is 12.1 Å². The Kier molecular flexibility index (Phi) is 6.92. The number of rotatable bonds is 7. The highest BCUT2D eigenvalue weighted by Crippen LogP contribution is 2.27. The van der Waals surface area contributed by atoms with Gasteiger partial charge in [0.05, 0.1) is 7.11 Å². The molecule has 1 heterocycles. The minimum absolute atomic E-state index is 0.0821. The molecule has 1 aromatic rings. The van der Waals surface area contributed by atoms with Gasteiger partial charge in [0.2, 0.25) is 10.0 Å². The second-order valence-electron chi connectivity index (χ2n) is 6.56. The summed E-state index contributed by atoms with van der Waals surface area (Å²) < 4.78 is 33.3. The van der Waals surface area contributed by atoms with E-state index < -0.39 is 10.0 Å². The van der Waals surface area contributed by atoms with E-state index in [9.17, 15) is 8.42 Å². The van der Waals surface area contributed by atoms with E-state index in [0.29, 0.717) is 23.2 Å². The highest BCUT2D eigenvalue weighted by atomic mass is 35.5. The van der Waals surface area contributed by atoms with Gasteiger partial charge in [-0.2, -0.15) is 0 Å². The van der Waals surface area contributed by atoms with E-state index in [2.05, 4.69) is 23.5 Å². The Labute approximate surface area is 150 Å². The molecule has 1 aliphatic heterocycles. The molecule has 24 heavy (non-hydrogen) atoms. The maximum absolute atomic E-state index is 12.7. The Hall–Kier alpha value is -0.820. The fourth-order valence-electron chi connectivity index (χ4n) is 3.17. The molecule has 1 fully saturated rings. The van der Waals surface area contributed by atoms with Crippen molar-refractivity contribution < 1.29 is 13.2 Å². The van der Waals surface area contributed by atoms with E-state index in [1.807, 2.05) is 0 Å². The quantitative estimate of drug-likeness (QED) is 0.796. The van der Waals surface area contributed by atoms with Gasteiger partial charge < -0.3 is 4.74 Å². The molecule has 0 spiro atoms. The third-order valence-electron chi connectivity index (χ3n) is 4.53. The molecule has 0 saturated carbocycles. The van der Waals surface area contributed by atoms with Crippen LogP contribution in [0.2, 0.25) is 5.02 Å². The van der Waals surface area contributed by atoms with Gasteiger partial charge in [-0.3, -0.25) is 4.90 Å². The van der Waals surface area contributed by atoms with Crippen LogP contribution in [0, 0.1) is 5.92 Å². The van der Waals surface area contributed by atoms with Crippen LogP contribution in [0.5, 0.6) is 5.75 Å². The monoisotopic (exact) mass is 374 g/mol. The van der Waals surface area contributed by atoms with Crippen LogP contribution in [0.15, 0.2) is 23.1 Å². The maximum Gasteiger partial charge on any atom is 0.244 e. The summed E-state index contributed by atoms with van der Waals surface area (Å²) in [6.07, 6.45) is 3.61. The molecular weight excluding hydrogens is 348 g/mol. The zero-order chi connectivity index (χ0) is 17.7. The number of sulfonamides is 1. The highest BCUT2D eigenvalue weighted by molar-refractivity contribution is 7.89. The predicted molar refractivity (Wildman–Crippen MR) is 97.2 cm³/mol. The van der Waals surface area contributed by atoms with E-state index in [-0.39, 0.29) is 10.9 Å². The highest BCUT2D eigenvalue weighted by Gasteiger charge is 2.27. The van der Waals surface area contributed by atoms with Crippen LogP contribution < -0.4 is 9.46 Å². The first-order valence-corrected chi connectivity index (χ1v) is 10.3.